The summed E-state index contributed by atoms with van der Waals surface area (Å²) in [6, 6.07) is 43.2. The van der Waals surface area contributed by atoms with E-state index in [1.54, 1.807) is 12.1 Å². The van der Waals surface area contributed by atoms with Crippen LogP contribution in [0.25, 0.3) is 11.1 Å². The first-order chi connectivity index (χ1) is 20.9. The van der Waals surface area contributed by atoms with Crippen molar-refractivity contribution in [3.63, 3.8) is 0 Å². The molecule has 8 N–H and O–H groups in total. The van der Waals surface area contributed by atoms with Gasteiger partial charge in [-0.05, 0) is 82.9 Å². The highest BCUT2D eigenvalue weighted by molar-refractivity contribution is 5.97. The highest BCUT2D eigenvalue weighted by atomic mass is 16.5. The summed E-state index contributed by atoms with van der Waals surface area (Å²) in [6.45, 7) is 0. The third-order valence-electron chi connectivity index (χ3n) is 8.01. The normalized spacial score (nSPS) is 12.7. The minimum absolute atomic E-state index is 0.644. The summed E-state index contributed by atoms with van der Waals surface area (Å²) >= 11 is 0. The third kappa shape index (κ3) is 4.37. The summed E-state index contributed by atoms with van der Waals surface area (Å²) in [7, 11) is 0. The second kappa shape index (κ2) is 10.2. The van der Waals surface area contributed by atoms with Crippen LogP contribution in [0.15, 0.2) is 133 Å². The van der Waals surface area contributed by atoms with Crippen LogP contribution in [0, 0.1) is 0 Å². The number of ether oxygens (including phenoxy) is 2. The second-order valence-corrected chi connectivity index (χ2v) is 10.7. The fourth-order valence-electron chi connectivity index (χ4n) is 6.23. The molecule has 0 saturated heterocycles. The van der Waals surface area contributed by atoms with Gasteiger partial charge in [0.2, 0.25) is 0 Å². The molecule has 0 atom stereocenters. The highest BCUT2D eigenvalue weighted by Gasteiger charge is 2.47. The molecule has 6 heteroatoms. The smallest absolute Gasteiger partial charge is 0.129 e. The number of anilines is 4. The topological polar surface area (TPSA) is 123 Å². The lowest BCUT2D eigenvalue weighted by Crippen LogP contribution is -2.28. The van der Waals surface area contributed by atoms with E-state index in [1.807, 2.05) is 84.9 Å². The number of rotatable bonds is 6. The van der Waals surface area contributed by atoms with Crippen LogP contribution in [-0.4, -0.2) is 0 Å². The Morgan fingerprint density at radius 2 is 0.791 bits per heavy atom. The summed E-state index contributed by atoms with van der Waals surface area (Å²) in [5.74, 6) is 2.76. The summed E-state index contributed by atoms with van der Waals surface area (Å²) in [4.78, 5) is 0. The molecule has 0 fully saturated rings. The Kier molecular flexibility index (Phi) is 6.17. The Morgan fingerprint density at radius 3 is 1.19 bits per heavy atom. The van der Waals surface area contributed by atoms with Gasteiger partial charge in [0.05, 0.1) is 5.41 Å². The van der Waals surface area contributed by atoms with Crippen LogP contribution >= 0.6 is 0 Å². The molecule has 0 saturated carbocycles. The van der Waals surface area contributed by atoms with E-state index in [-0.39, 0.29) is 0 Å². The molecular weight excluding hydrogens is 532 g/mol. The van der Waals surface area contributed by atoms with Crippen LogP contribution in [0.4, 0.5) is 22.7 Å². The Bertz CT molecular complexity index is 1820. The van der Waals surface area contributed by atoms with Gasteiger partial charge in [-0.1, -0.05) is 60.7 Å². The molecule has 1 aliphatic rings. The largest absolute Gasteiger partial charge is 0.457 e. The minimum atomic E-state index is -0.694. The first-order valence-corrected chi connectivity index (χ1v) is 14.0. The van der Waals surface area contributed by atoms with E-state index < -0.39 is 5.41 Å². The van der Waals surface area contributed by atoms with Crippen molar-refractivity contribution in [1.82, 2.24) is 0 Å². The molecule has 0 aromatic heterocycles. The summed E-state index contributed by atoms with van der Waals surface area (Å²) < 4.78 is 12.3. The monoisotopic (exact) mass is 562 g/mol. The molecule has 1 aliphatic carbocycles. The molecule has 6 nitrogen and oxygen atoms in total. The predicted molar refractivity (Wildman–Crippen MR) is 174 cm³/mol. The first kappa shape index (κ1) is 26.0. The van der Waals surface area contributed by atoms with Gasteiger partial charge in [0, 0.05) is 46.0 Å². The van der Waals surface area contributed by atoms with E-state index in [1.165, 1.54) is 0 Å². The summed E-state index contributed by atoms with van der Waals surface area (Å²) in [5.41, 5.74) is 33.3. The van der Waals surface area contributed by atoms with Crippen molar-refractivity contribution >= 4 is 22.7 Å². The molecule has 6 aromatic rings. The van der Waals surface area contributed by atoms with Crippen molar-refractivity contribution in [3.05, 3.63) is 156 Å². The Labute approximate surface area is 250 Å². The molecule has 0 spiro atoms. The molecule has 6 aromatic carbocycles. The van der Waals surface area contributed by atoms with Crippen LogP contribution in [0.3, 0.4) is 0 Å². The van der Waals surface area contributed by atoms with Crippen molar-refractivity contribution in [2.45, 2.75) is 5.41 Å². The van der Waals surface area contributed by atoms with Crippen molar-refractivity contribution in [3.8, 4) is 34.1 Å². The van der Waals surface area contributed by atoms with Crippen molar-refractivity contribution in [2.75, 3.05) is 22.9 Å². The third-order valence-corrected chi connectivity index (χ3v) is 8.01. The van der Waals surface area contributed by atoms with E-state index in [4.69, 9.17) is 32.4 Å². The average molecular weight is 563 g/mol. The average Bonchev–Trinajstić information content (AvgIpc) is 3.31. The number of fused-ring (bicyclic) bond motifs is 3. The van der Waals surface area contributed by atoms with E-state index in [2.05, 4.69) is 36.4 Å². The van der Waals surface area contributed by atoms with E-state index in [0.29, 0.717) is 45.7 Å². The Morgan fingerprint density at radius 1 is 0.395 bits per heavy atom. The Hall–Kier alpha value is -5.88. The van der Waals surface area contributed by atoms with Gasteiger partial charge < -0.3 is 32.4 Å². The maximum Gasteiger partial charge on any atom is 0.129 e. The second-order valence-electron chi connectivity index (χ2n) is 10.7. The van der Waals surface area contributed by atoms with Gasteiger partial charge in [-0.3, -0.25) is 0 Å². The van der Waals surface area contributed by atoms with Crippen molar-refractivity contribution < 1.29 is 9.47 Å². The Balaban J connectivity index is 1.39. The SMILES string of the molecule is Nc1cccc(Oc2ccc(C3(c4ccc(Oc5cccc(N)c5)cc4)c4cccc(N)c4-c4c(N)cccc43)cc2)c1. The molecular formula is C37H30N4O2. The van der Waals surface area contributed by atoms with Gasteiger partial charge in [-0.25, -0.2) is 0 Å². The highest BCUT2D eigenvalue weighted by Crippen LogP contribution is 2.59. The van der Waals surface area contributed by atoms with Gasteiger partial charge in [-0.15, -0.1) is 0 Å². The van der Waals surface area contributed by atoms with Crippen LogP contribution < -0.4 is 32.4 Å². The van der Waals surface area contributed by atoms with Gasteiger partial charge in [-0.2, -0.15) is 0 Å². The van der Waals surface area contributed by atoms with E-state index in [9.17, 15) is 0 Å². The van der Waals surface area contributed by atoms with Gasteiger partial charge >= 0.3 is 0 Å². The summed E-state index contributed by atoms with van der Waals surface area (Å²) in [5, 5.41) is 0. The zero-order chi connectivity index (χ0) is 29.6. The van der Waals surface area contributed by atoms with Crippen molar-refractivity contribution in [1.29, 1.82) is 0 Å². The number of benzene rings is 6. The van der Waals surface area contributed by atoms with Crippen LogP contribution in [0.5, 0.6) is 23.0 Å². The van der Waals surface area contributed by atoms with Crippen LogP contribution in [0.1, 0.15) is 22.3 Å². The molecule has 0 bridgehead atoms. The maximum absolute atomic E-state index is 6.66. The molecule has 0 heterocycles. The van der Waals surface area contributed by atoms with Crippen molar-refractivity contribution in [2.24, 2.45) is 0 Å². The van der Waals surface area contributed by atoms with Gasteiger partial charge in [0.15, 0.2) is 0 Å². The van der Waals surface area contributed by atoms with Crippen LogP contribution in [0.2, 0.25) is 0 Å². The fraction of sp³-hybridized carbons (Fsp3) is 0.0270. The lowest BCUT2D eigenvalue weighted by atomic mass is 9.67. The van der Waals surface area contributed by atoms with Crippen LogP contribution in [-0.2, 0) is 5.41 Å². The fourth-order valence-corrected chi connectivity index (χ4v) is 6.23. The minimum Gasteiger partial charge on any atom is -0.457 e. The molecule has 0 aliphatic heterocycles. The molecule has 210 valence electrons. The number of nitrogens with two attached hydrogens (primary N) is 4. The molecule has 0 radical (unpaired) electrons. The zero-order valence-corrected chi connectivity index (χ0v) is 23.3. The van der Waals surface area contributed by atoms with E-state index >= 15 is 0 Å². The number of hydrogen-bond acceptors (Lipinski definition) is 6. The summed E-state index contributed by atoms with van der Waals surface area (Å²) in [6.07, 6.45) is 0. The molecule has 7 rings (SSSR count). The predicted octanol–water partition coefficient (Wildman–Crippen LogP) is 7.96. The van der Waals surface area contributed by atoms with Gasteiger partial charge in [0.1, 0.15) is 23.0 Å². The lowest BCUT2D eigenvalue weighted by Gasteiger charge is -2.34. The van der Waals surface area contributed by atoms with Gasteiger partial charge in [0.25, 0.3) is 0 Å². The number of hydrogen-bond donors (Lipinski definition) is 4. The standard InChI is InChI=1S/C37H30N4O2/c38-25-5-1-7-29(21-25)42-27-17-13-23(14-18-27)37(24-15-19-28(20-16-24)43-30-8-2-6-26(39)22-30)31-9-3-11-33(40)35(31)36-32(37)10-4-12-34(36)41/h1-22H,38-41H2. The quantitative estimate of drug-likeness (QED) is 0.153. The van der Waals surface area contributed by atoms with E-state index in [0.717, 1.165) is 33.4 Å². The lowest BCUT2D eigenvalue weighted by molar-refractivity contribution is 0.482. The molecule has 0 amide bonds. The molecule has 43 heavy (non-hydrogen) atoms. The maximum atomic E-state index is 6.66. The number of nitrogen functional groups attached to an aromatic ring is 4. The zero-order valence-electron chi connectivity index (χ0n) is 23.3. The first-order valence-electron chi connectivity index (χ1n) is 14.0. The molecule has 0 unspecified atom stereocenters.